The molecule has 2 aromatic carbocycles. The van der Waals surface area contributed by atoms with Crippen molar-refractivity contribution in [2.45, 2.75) is 0 Å². The summed E-state index contributed by atoms with van der Waals surface area (Å²) < 4.78 is 41.0. The Labute approximate surface area is 155 Å². The van der Waals surface area contributed by atoms with Crippen LogP contribution in [-0.4, -0.2) is 19.9 Å². The molecule has 0 amide bonds. The van der Waals surface area contributed by atoms with Gasteiger partial charge in [-0.3, -0.25) is 4.79 Å². The summed E-state index contributed by atoms with van der Waals surface area (Å²) in [4.78, 5) is 13.9. The number of hydrogen-bond acceptors (Lipinski definition) is 3. The second kappa shape index (κ2) is 9.43. The smallest absolute Gasteiger partial charge is 0.344 e. The second-order valence-electron chi connectivity index (χ2n) is 5.76. The average Bonchev–Trinajstić information content (AvgIpc) is 2.66. The van der Waals surface area contributed by atoms with Crippen LogP contribution in [0.5, 0.6) is 5.75 Å². The number of ketones is 1. The summed E-state index contributed by atoms with van der Waals surface area (Å²) in [6.45, 7) is 0. The highest BCUT2D eigenvalue weighted by Gasteiger charge is 2.07. The first-order valence-electron chi connectivity index (χ1n) is 8.01. The number of benzene rings is 2. The van der Waals surface area contributed by atoms with E-state index in [4.69, 9.17) is 0 Å². The number of nitrogens with zero attached hydrogens (tertiary/aromatic N) is 1. The number of hydrogen-bond donors (Lipinski definition) is 0. The van der Waals surface area contributed by atoms with Crippen molar-refractivity contribution >= 4 is 23.6 Å². The molecular weight excluding hydrogens is 355 g/mol. The Morgan fingerprint density at radius 3 is 1.78 bits per heavy atom. The van der Waals surface area contributed by atoms with E-state index in [2.05, 4.69) is 4.74 Å². The highest BCUT2D eigenvalue weighted by Crippen LogP contribution is 2.19. The Hall–Kier alpha value is -3.28. The molecule has 27 heavy (non-hydrogen) atoms. The predicted octanol–water partition coefficient (Wildman–Crippen LogP) is 5.46. The molecule has 0 saturated heterocycles. The van der Waals surface area contributed by atoms with Gasteiger partial charge in [0.2, 0.25) is 0 Å². The third-order valence-corrected chi connectivity index (χ3v) is 3.53. The van der Waals surface area contributed by atoms with Gasteiger partial charge < -0.3 is 9.64 Å². The number of ether oxygens (including phenoxy) is 1. The maximum Gasteiger partial charge on any atom is 0.344 e. The molecule has 0 bridgehead atoms. The van der Waals surface area contributed by atoms with E-state index in [-0.39, 0.29) is 11.5 Å². The zero-order valence-corrected chi connectivity index (χ0v) is 14.8. The van der Waals surface area contributed by atoms with Crippen molar-refractivity contribution in [3.8, 4) is 5.75 Å². The Morgan fingerprint density at radius 1 is 0.852 bits per heavy atom. The molecule has 0 aliphatic rings. The Kier molecular flexibility index (Phi) is 7.00. The number of carbonyl (C=O) groups is 1. The van der Waals surface area contributed by atoms with Gasteiger partial charge in [0, 0.05) is 19.8 Å². The van der Waals surface area contributed by atoms with E-state index >= 15 is 0 Å². The van der Waals surface area contributed by atoms with Crippen molar-refractivity contribution < 1.29 is 22.7 Å². The third-order valence-electron chi connectivity index (χ3n) is 3.53. The van der Waals surface area contributed by atoms with E-state index < -0.39 is 12.1 Å². The normalized spacial score (nSPS) is 11.0. The fraction of sp³-hybridized carbons (Fsp3) is 0.0952. The van der Waals surface area contributed by atoms with Gasteiger partial charge in [0.05, 0.1) is 0 Å². The fourth-order valence-corrected chi connectivity index (χ4v) is 2.08. The summed E-state index contributed by atoms with van der Waals surface area (Å²) in [5.41, 5.74) is 2.61. The minimum absolute atomic E-state index is 0.0650. The van der Waals surface area contributed by atoms with Crippen molar-refractivity contribution in [1.82, 2.24) is 0 Å². The predicted molar refractivity (Wildman–Crippen MR) is 101 cm³/mol. The van der Waals surface area contributed by atoms with E-state index in [1.165, 1.54) is 36.4 Å². The van der Waals surface area contributed by atoms with Gasteiger partial charge in [-0.1, -0.05) is 36.4 Å². The van der Waals surface area contributed by atoms with Crippen LogP contribution in [0.4, 0.5) is 18.9 Å². The Morgan fingerprint density at radius 2 is 1.33 bits per heavy atom. The minimum atomic E-state index is -2.52. The van der Waals surface area contributed by atoms with E-state index in [1.54, 1.807) is 12.2 Å². The number of halogens is 3. The molecule has 0 N–H and O–H groups in total. The number of anilines is 1. The molecule has 0 aromatic heterocycles. The lowest BCUT2D eigenvalue weighted by Gasteiger charge is -2.11. The van der Waals surface area contributed by atoms with E-state index in [1.807, 2.05) is 43.3 Å². The Balaban J connectivity index is 1.94. The highest BCUT2D eigenvalue weighted by atomic mass is 19.3. The molecule has 0 spiro atoms. The molecule has 6 heteroatoms. The van der Waals surface area contributed by atoms with Crippen molar-refractivity contribution in [1.29, 1.82) is 0 Å². The molecular formula is C21H18F3NO2. The van der Waals surface area contributed by atoms with E-state index in [0.717, 1.165) is 11.3 Å². The van der Waals surface area contributed by atoms with Gasteiger partial charge in [0.25, 0.3) is 0 Å². The number of rotatable bonds is 7. The Bertz CT molecular complexity index is 863. The zero-order valence-electron chi connectivity index (χ0n) is 14.8. The quantitative estimate of drug-likeness (QED) is 0.477. The molecule has 0 atom stereocenters. The van der Waals surface area contributed by atoms with Crippen LogP contribution in [0.3, 0.4) is 0 Å². The highest BCUT2D eigenvalue weighted by molar-refractivity contribution is 6.04. The molecule has 0 heterocycles. The van der Waals surface area contributed by atoms with Crippen molar-refractivity contribution in [2.24, 2.45) is 0 Å². The second-order valence-corrected chi connectivity index (χ2v) is 5.76. The molecule has 2 rings (SSSR count). The molecule has 0 aliphatic heterocycles. The van der Waals surface area contributed by atoms with Gasteiger partial charge in [0.1, 0.15) is 5.75 Å². The summed E-state index contributed by atoms with van der Waals surface area (Å²) in [6.07, 6.45) is 3.58. The maximum absolute atomic E-state index is 12.7. The number of carbonyl (C=O) groups excluding carboxylic acids is 1. The third kappa shape index (κ3) is 6.51. The number of allylic oxidation sites excluding steroid dienone is 2. The van der Waals surface area contributed by atoms with Crippen molar-refractivity contribution in [3.05, 3.63) is 83.9 Å². The van der Waals surface area contributed by atoms with E-state index in [0.29, 0.717) is 5.56 Å². The monoisotopic (exact) mass is 373 g/mol. The largest absolute Gasteiger partial charge is 0.428 e. The molecule has 0 saturated carbocycles. The first kappa shape index (κ1) is 20.0. The summed E-state index contributed by atoms with van der Waals surface area (Å²) in [6, 6.07) is 11.5. The molecule has 0 unspecified atom stereocenters. The summed E-state index contributed by atoms with van der Waals surface area (Å²) in [7, 11) is 3.90. The standard InChI is InChI=1S/C21H18F3NO2/c1-25(2)17-9-3-15(4-10-17)5-11-18(26)12-6-16-7-13-19(14-8-16)27-21(24)20(22)23/h3-14H,1-2H3/b11-5+,12-6+. The first-order valence-corrected chi connectivity index (χ1v) is 8.01. The van der Waals surface area contributed by atoms with Crippen LogP contribution in [0.15, 0.2) is 72.8 Å². The minimum Gasteiger partial charge on any atom is -0.428 e. The summed E-state index contributed by atoms with van der Waals surface area (Å²) >= 11 is 0. The molecule has 3 nitrogen and oxygen atoms in total. The molecule has 0 radical (unpaired) electrons. The van der Waals surface area contributed by atoms with Gasteiger partial charge in [-0.2, -0.15) is 13.2 Å². The van der Waals surface area contributed by atoms with Crippen LogP contribution < -0.4 is 9.64 Å². The van der Waals surface area contributed by atoms with Crippen LogP contribution in [0.25, 0.3) is 12.2 Å². The van der Waals surface area contributed by atoms with Gasteiger partial charge >= 0.3 is 12.1 Å². The average molecular weight is 373 g/mol. The fourth-order valence-electron chi connectivity index (χ4n) is 2.08. The van der Waals surface area contributed by atoms with Crippen LogP contribution in [-0.2, 0) is 4.79 Å². The van der Waals surface area contributed by atoms with Gasteiger partial charge in [0.15, 0.2) is 5.78 Å². The van der Waals surface area contributed by atoms with Gasteiger partial charge in [-0.25, -0.2) is 0 Å². The lowest BCUT2D eigenvalue weighted by atomic mass is 10.1. The molecule has 2 aromatic rings. The summed E-state index contributed by atoms with van der Waals surface area (Å²) in [5.74, 6) is -0.273. The van der Waals surface area contributed by atoms with E-state index in [9.17, 15) is 18.0 Å². The molecule has 0 fully saturated rings. The maximum atomic E-state index is 12.7. The van der Waals surface area contributed by atoms with Crippen LogP contribution in [0.1, 0.15) is 11.1 Å². The van der Waals surface area contributed by atoms with Gasteiger partial charge in [-0.15, -0.1) is 0 Å². The van der Waals surface area contributed by atoms with Crippen LogP contribution in [0.2, 0.25) is 0 Å². The zero-order chi connectivity index (χ0) is 19.8. The van der Waals surface area contributed by atoms with Crippen molar-refractivity contribution in [2.75, 3.05) is 19.0 Å². The SMILES string of the molecule is CN(C)c1ccc(/C=C/C(=O)/C=C/c2ccc(OC(F)=C(F)F)cc2)cc1. The lowest BCUT2D eigenvalue weighted by molar-refractivity contribution is -0.110. The molecule has 0 aliphatic carbocycles. The van der Waals surface area contributed by atoms with Crippen LogP contribution >= 0.6 is 0 Å². The molecule has 140 valence electrons. The van der Waals surface area contributed by atoms with Crippen LogP contribution in [0, 0.1) is 0 Å². The topological polar surface area (TPSA) is 29.5 Å². The summed E-state index contributed by atoms with van der Waals surface area (Å²) in [5, 5.41) is 0. The lowest BCUT2D eigenvalue weighted by Crippen LogP contribution is -2.07. The van der Waals surface area contributed by atoms with Gasteiger partial charge in [-0.05, 0) is 47.5 Å². The first-order chi connectivity index (χ1) is 12.8. The van der Waals surface area contributed by atoms with Crippen molar-refractivity contribution in [3.63, 3.8) is 0 Å².